The van der Waals surface area contributed by atoms with Gasteiger partial charge in [0, 0.05) is 11.6 Å². The summed E-state index contributed by atoms with van der Waals surface area (Å²) >= 11 is 11.6. The minimum absolute atomic E-state index is 0.0303. The smallest absolute Gasteiger partial charge is 0.301 e. The molecule has 0 bridgehead atoms. The Labute approximate surface area is 135 Å². The van der Waals surface area contributed by atoms with Crippen LogP contribution in [0.3, 0.4) is 0 Å². The summed E-state index contributed by atoms with van der Waals surface area (Å²) in [5.74, 6) is -1.04. The Balaban J connectivity index is 2.63. The summed E-state index contributed by atoms with van der Waals surface area (Å²) in [6, 6.07) is 3.75. The van der Waals surface area contributed by atoms with Crippen molar-refractivity contribution in [3.05, 3.63) is 49.3 Å². The highest BCUT2D eigenvalue weighted by atomic mass is 35.5. The lowest BCUT2D eigenvalue weighted by Crippen LogP contribution is -2.31. The van der Waals surface area contributed by atoms with Gasteiger partial charge in [0.1, 0.15) is 4.90 Å². The Hall–Kier alpha value is -1.51. The number of unbranched alkanes of at least 4 members (excludes halogenated alkanes) is 1. The third-order valence-corrected chi connectivity index (χ3v) is 5.13. The Morgan fingerprint density at radius 1 is 1.23 bits per heavy atom. The van der Waals surface area contributed by atoms with Gasteiger partial charge in [-0.25, -0.2) is 14.2 Å². The van der Waals surface area contributed by atoms with Gasteiger partial charge in [-0.15, -0.1) is 0 Å². The summed E-state index contributed by atoms with van der Waals surface area (Å²) < 4.78 is 30.2. The van der Waals surface area contributed by atoms with Crippen molar-refractivity contribution in [3.8, 4) is 0 Å². The molecule has 0 aliphatic heterocycles. The molecule has 0 saturated heterocycles. The molecule has 0 fully saturated rings. The monoisotopic (exact) mass is 366 g/mol. The van der Waals surface area contributed by atoms with Gasteiger partial charge in [0.05, 0.1) is 5.02 Å². The van der Waals surface area contributed by atoms with Gasteiger partial charge in [0.2, 0.25) is 0 Å². The average molecular weight is 367 g/mol. The van der Waals surface area contributed by atoms with Gasteiger partial charge in [-0.1, -0.05) is 36.5 Å². The minimum atomic E-state index is -4.45. The lowest BCUT2D eigenvalue weighted by Gasteiger charge is -2.04. The molecule has 1 heterocycles. The van der Waals surface area contributed by atoms with E-state index in [1.807, 2.05) is 6.92 Å². The van der Waals surface area contributed by atoms with Gasteiger partial charge in [-0.05, 0) is 28.8 Å². The SMILES string of the molecule is CCCCn1c(=O)on(S(=O)(=O)c2cc(Cl)ccc2Cl)c1=O. The third-order valence-electron chi connectivity index (χ3n) is 2.89. The first-order valence-corrected chi connectivity index (χ1v) is 8.52. The van der Waals surface area contributed by atoms with Crippen LogP contribution < -0.4 is 11.4 Å². The van der Waals surface area contributed by atoms with E-state index in [0.717, 1.165) is 17.1 Å². The molecule has 120 valence electrons. The quantitative estimate of drug-likeness (QED) is 0.806. The molecule has 1 aromatic heterocycles. The molecular formula is C12H12Cl2N2O5S. The van der Waals surface area contributed by atoms with E-state index in [1.165, 1.54) is 12.1 Å². The van der Waals surface area contributed by atoms with Crippen molar-refractivity contribution in [2.24, 2.45) is 0 Å². The summed E-state index contributed by atoms with van der Waals surface area (Å²) in [4.78, 5) is 23.3. The number of aromatic nitrogens is 2. The number of hydrogen-bond donors (Lipinski definition) is 0. The van der Waals surface area contributed by atoms with Crippen LogP contribution in [0.2, 0.25) is 10.0 Å². The number of benzene rings is 1. The van der Waals surface area contributed by atoms with Crippen molar-refractivity contribution in [2.75, 3.05) is 0 Å². The summed E-state index contributed by atoms with van der Waals surface area (Å²) in [5, 5.41) is -0.0240. The van der Waals surface area contributed by atoms with E-state index >= 15 is 0 Å². The van der Waals surface area contributed by atoms with Crippen molar-refractivity contribution < 1.29 is 12.9 Å². The van der Waals surface area contributed by atoms with Crippen LogP contribution in [0, 0.1) is 0 Å². The zero-order chi connectivity index (χ0) is 16.5. The summed E-state index contributed by atoms with van der Waals surface area (Å²) in [5.41, 5.74) is -1.07. The second-order valence-corrected chi connectivity index (χ2v) is 7.02. The van der Waals surface area contributed by atoms with E-state index in [1.54, 1.807) is 0 Å². The summed E-state index contributed by atoms with van der Waals surface area (Å²) in [6.45, 7) is 1.94. The molecule has 2 aromatic rings. The average Bonchev–Trinajstić information content (AvgIpc) is 2.75. The predicted molar refractivity (Wildman–Crippen MR) is 81.2 cm³/mol. The maximum absolute atomic E-state index is 12.4. The lowest BCUT2D eigenvalue weighted by atomic mass is 10.3. The van der Waals surface area contributed by atoms with Crippen molar-refractivity contribution in [1.82, 2.24) is 8.71 Å². The van der Waals surface area contributed by atoms with Crippen molar-refractivity contribution >= 4 is 33.2 Å². The van der Waals surface area contributed by atoms with E-state index in [2.05, 4.69) is 4.52 Å². The molecule has 0 aliphatic carbocycles. The molecule has 1 aromatic carbocycles. The summed E-state index contributed by atoms with van der Waals surface area (Å²) in [6.07, 6.45) is 1.26. The van der Waals surface area contributed by atoms with Gasteiger partial charge < -0.3 is 4.52 Å². The first-order chi connectivity index (χ1) is 10.3. The fourth-order valence-corrected chi connectivity index (χ4v) is 3.64. The molecule has 22 heavy (non-hydrogen) atoms. The van der Waals surface area contributed by atoms with E-state index in [4.69, 9.17) is 23.2 Å². The fourth-order valence-electron chi connectivity index (χ4n) is 1.76. The lowest BCUT2D eigenvalue weighted by molar-refractivity contribution is 0.329. The Kier molecular flexibility index (Phi) is 4.84. The van der Waals surface area contributed by atoms with Gasteiger partial charge in [0.15, 0.2) is 0 Å². The van der Waals surface area contributed by atoms with Crippen LogP contribution in [0.15, 0.2) is 37.2 Å². The molecule has 0 N–H and O–H groups in total. The van der Waals surface area contributed by atoms with E-state index in [-0.39, 0.29) is 20.7 Å². The largest absolute Gasteiger partial charge is 0.443 e. The second kappa shape index (κ2) is 6.31. The molecule has 0 radical (unpaired) electrons. The number of nitrogens with zero attached hydrogens (tertiary/aromatic N) is 2. The minimum Gasteiger partial charge on any atom is -0.301 e. The highest BCUT2D eigenvalue weighted by Crippen LogP contribution is 2.25. The molecular weight excluding hydrogens is 355 g/mol. The fraction of sp³-hybridized carbons (Fsp3) is 0.333. The van der Waals surface area contributed by atoms with Crippen LogP contribution in [0.4, 0.5) is 0 Å². The molecule has 0 saturated carbocycles. The normalized spacial score (nSPS) is 11.8. The molecule has 7 nitrogen and oxygen atoms in total. The summed E-state index contributed by atoms with van der Waals surface area (Å²) in [7, 11) is -4.45. The Morgan fingerprint density at radius 2 is 1.91 bits per heavy atom. The highest BCUT2D eigenvalue weighted by Gasteiger charge is 2.27. The Morgan fingerprint density at radius 3 is 2.55 bits per heavy atom. The van der Waals surface area contributed by atoms with Crippen LogP contribution in [-0.4, -0.2) is 17.1 Å². The molecule has 0 atom stereocenters. The maximum Gasteiger partial charge on any atom is 0.443 e. The molecule has 0 spiro atoms. The van der Waals surface area contributed by atoms with Crippen molar-refractivity contribution in [3.63, 3.8) is 0 Å². The van der Waals surface area contributed by atoms with Crippen LogP contribution >= 0.6 is 23.2 Å². The van der Waals surface area contributed by atoms with Crippen LogP contribution in [-0.2, 0) is 16.6 Å². The van der Waals surface area contributed by atoms with E-state index < -0.39 is 26.4 Å². The standard InChI is InChI=1S/C12H12Cl2N2O5S/c1-2-3-6-15-11(17)16(21-12(15)18)22(19,20)10-7-8(13)4-5-9(10)14/h4-5,7H,2-3,6H2,1H3. The Bertz CT molecular complexity index is 910. The van der Waals surface area contributed by atoms with Crippen LogP contribution in [0.1, 0.15) is 19.8 Å². The van der Waals surface area contributed by atoms with Crippen LogP contribution in [0.5, 0.6) is 0 Å². The highest BCUT2D eigenvalue weighted by molar-refractivity contribution is 7.89. The number of rotatable bonds is 5. The van der Waals surface area contributed by atoms with Gasteiger partial charge in [-0.3, -0.25) is 0 Å². The number of halogens is 2. The first-order valence-electron chi connectivity index (χ1n) is 6.33. The van der Waals surface area contributed by atoms with Gasteiger partial charge in [-0.2, -0.15) is 8.42 Å². The predicted octanol–water partition coefficient (Wildman–Crippen LogP) is 1.95. The van der Waals surface area contributed by atoms with E-state index in [0.29, 0.717) is 6.42 Å². The molecule has 0 aliphatic rings. The van der Waals surface area contributed by atoms with Crippen molar-refractivity contribution in [2.45, 2.75) is 31.2 Å². The number of hydrogen-bond acceptors (Lipinski definition) is 5. The van der Waals surface area contributed by atoms with E-state index in [9.17, 15) is 18.0 Å². The van der Waals surface area contributed by atoms with Crippen molar-refractivity contribution in [1.29, 1.82) is 0 Å². The zero-order valence-electron chi connectivity index (χ0n) is 11.5. The topological polar surface area (TPSA) is 91.3 Å². The molecule has 10 heteroatoms. The zero-order valence-corrected chi connectivity index (χ0v) is 13.8. The molecule has 0 unspecified atom stereocenters. The molecule has 2 rings (SSSR count). The first kappa shape index (κ1) is 16.9. The maximum atomic E-state index is 12.4. The van der Waals surface area contributed by atoms with Gasteiger partial charge >= 0.3 is 21.5 Å². The third kappa shape index (κ3) is 2.99. The second-order valence-electron chi connectivity index (χ2n) is 4.45. The van der Waals surface area contributed by atoms with Crippen LogP contribution in [0.25, 0.3) is 0 Å². The molecule has 0 amide bonds. The van der Waals surface area contributed by atoms with Gasteiger partial charge in [0.25, 0.3) is 0 Å².